The van der Waals surface area contributed by atoms with Crippen LogP contribution in [0.2, 0.25) is 0 Å². The Hall–Kier alpha value is -0.355. The van der Waals surface area contributed by atoms with Gasteiger partial charge in [0, 0.05) is 0 Å². The van der Waals surface area contributed by atoms with Gasteiger partial charge in [-0.3, -0.25) is 0 Å². The Morgan fingerprint density at radius 3 is 2.92 bits per heavy atom. The van der Waals surface area contributed by atoms with Crippen LogP contribution >= 0.6 is 27.3 Å². The third-order valence-corrected chi connectivity index (χ3v) is 3.25. The highest BCUT2D eigenvalue weighted by Gasteiger charge is 2.16. The molecule has 0 atom stereocenters. The average Bonchev–Trinajstić information content (AvgIpc) is 2.47. The lowest BCUT2D eigenvalue weighted by atomic mass is 10.1. The zero-order valence-electron chi connectivity index (χ0n) is 7.46. The second-order valence-corrected chi connectivity index (χ2v) is 4.71. The van der Waals surface area contributed by atoms with Crippen molar-refractivity contribution in [1.29, 1.82) is 0 Å². The van der Waals surface area contributed by atoms with Crippen molar-refractivity contribution >= 4 is 41.1 Å². The van der Waals surface area contributed by atoms with E-state index in [1.54, 1.807) is 6.92 Å². The van der Waals surface area contributed by atoms with Crippen LogP contribution in [0.15, 0.2) is 3.79 Å². The number of aromatic nitrogens is 1. The molecule has 0 amide bonds. The van der Waals surface area contributed by atoms with Gasteiger partial charge < -0.3 is 4.74 Å². The molecule has 0 aliphatic carbocycles. The number of esters is 1. The molecule has 0 bridgehead atoms. The third-order valence-electron chi connectivity index (χ3n) is 1.40. The minimum atomic E-state index is -0.356. The molecular weight excluding hydrogens is 253 g/mol. The molecule has 0 spiro atoms. The van der Waals surface area contributed by atoms with Crippen molar-refractivity contribution in [1.82, 2.24) is 4.98 Å². The summed E-state index contributed by atoms with van der Waals surface area (Å²) in [6, 6.07) is 0. The molecule has 13 heavy (non-hydrogen) atoms. The molecule has 1 aromatic rings. The number of ether oxygens (including phenoxy) is 1. The van der Waals surface area contributed by atoms with Crippen molar-refractivity contribution in [2.45, 2.75) is 13.2 Å². The quantitative estimate of drug-likeness (QED) is 0.607. The first-order chi connectivity index (χ1) is 6.19. The van der Waals surface area contributed by atoms with Gasteiger partial charge in [-0.2, -0.15) is 0 Å². The molecule has 0 saturated carbocycles. The molecule has 0 N–H and O–H groups in total. The number of rotatable bonds is 3. The summed E-state index contributed by atoms with van der Waals surface area (Å²) in [6.45, 7) is 2.16. The van der Waals surface area contributed by atoms with Gasteiger partial charge in [0.15, 0.2) is 5.69 Å². The molecule has 0 fully saturated rings. The summed E-state index contributed by atoms with van der Waals surface area (Å²) >= 11 is 4.76. The predicted octanol–water partition coefficient (Wildman–Crippen LogP) is 1.22. The second-order valence-electron chi connectivity index (χ2n) is 2.30. The van der Waals surface area contributed by atoms with Crippen LogP contribution in [-0.4, -0.2) is 25.4 Å². The standard InChI is InChI=1S/C7H9BBrNO2S/c1-2-12-7(11)5-6(9)13-4(3-8)10-5/h2-3,8H2,1H3. The van der Waals surface area contributed by atoms with Crippen molar-refractivity contribution < 1.29 is 9.53 Å². The van der Waals surface area contributed by atoms with Gasteiger partial charge in [0.05, 0.1) is 11.6 Å². The zero-order valence-corrected chi connectivity index (χ0v) is 9.87. The van der Waals surface area contributed by atoms with E-state index in [4.69, 9.17) is 4.74 Å². The van der Waals surface area contributed by atoms with Crippen LogP contribution < -0.4 is 0 Å². The molecule has 0 aliphatic rings. The van der Waals surface area contributed by atoms with Gasteiger partial charge in [-0.05, 0) is 29.2 Å². The maximum Gasteiger partial charge on any atom is 0.359 e. The molecule has 70 valence electrons. The molecule has 6 heteroatoms. The number of halogens is 1. The van der Waals surface area contributed by atoms with Gasteiger partial charge in [0.2, 0.25) is 0 Å². The fourth-order valence-corrected chi connectivity index (χ4v) is 2.34. The smallest absolute Gasteiger partial charge is 0.359 e. The van der Waals surface area contributed by atoms with Crippen molar-refractivity contribution in [2.75, 3.05) is 6.61 Å². The first-order valence-electron chi connectivity index (χ1n) is 4.01. The van der Waals surface area contributed by atoms with Crippen LogP contribution in [0.1, 0.15) is 22.4 Å². The van der Waals surface area contributed by atoms with E-state index in [-0.39, 0.29) is 5.97 Å². The van der Waals surface area contributed by atoms with E-state index in [0.717, 1.165) is 15.1 Å². The average molecular weight is 262 g/mol. The lowest BCUT2D eigenvalue weighted by Gasteiger charge is -1.96. The fourth-order valence-electron chi connectivity index (χ4n) is 0.820. The predicted molar refractivity (Wildman–Crippen MR) is 58.0 cm³/mol. The summed E-state index contributed by atoms with van der Waals surface area (Å²) in [5.41, 5.74) is 0.392. The summed E-state index contributed by atoms with van der Waals surface area (Å²) in [5, 5.41) is 0.940. The number of carbonyl (C=O) groups is 1. The maximum atomic E-state index is 11.3. The van der Waals surface area contributed by atoms with E-state index >= 15 is 0 Å². The van der Waals surface area contributed by atoms with E-state index in [0.29, 0.717) is 12.3 Å². The molecule has 1 rings (SSSR count). The highest BCUT2D eigenvalue weighted by Crippen LogP contribution is 2.25. The topological polar surface area (TPSA) is 39.2 Å². The molecule has 0 saturated heterocycles. The zero-order chi connectivity index (χ0) is 9.84. The molecule has 1 aromatic heterocycles. The molecule has 1 heterocycles. The lowest BCUT2D eigenvalue weighted by Crippen LogP contribution is -2.05. The number of thiazole rings is 1. The van der Waals surface area contributed by atoms with Gasteiger partial charge in [-0.15, -0.1) is 11.3 Å². The lowest BCUT2D eigenvalue weighted by molar-refractivity contribution is 0.0519. The van der Waals surface area contributed by atoms with Crippen molar-refractivity contribution in [3.8, 4) is 0 Å². The van der Waals surface area contributed by atoms with Crippen LogP contribution in [0.25, 0.3) is 0 Å². The fraction of sp³-hybridized carbons (Fsp3) is 0.429. The SMILES string of the molecule is BCc1nc(C(=O)OCC)c(Br)s1. The van der Waals surface area contributed by atoms with Gasteiger partial charge >= 0.3 is 5.97 Å². The Morgan fingerprint density at radius 1 is 1.77 bits per heavy atom. The minimum Gasteiger partial charge on any atom is -0.461 e. The van der Waals surface area contributed by atoms with Gasteiger partial charge in [0.25, 0.3) is 0 Å². The van der Waals surface area contributed by atoms with Crippen LogP contribution in [0.3, 0.4) is 0 Å². The van der Waals surface area contributed by atoms with Crippen LogP contribution in [0.5, 0.6) is 0 Å². The number of hydrogen-bond acceptors (Lipinski definition) is 4. The Balaban J connectivity index is 2.87. The van der Waals surface area contributed by atoms with E-state index in [2.05, 4.69) is 20.9 Å². The summed E-state index contributed by atoms with van der Waals surface area (Å²) < 4.78 is 5.59. The van der Waals surface area contributed by atoms with Gasteiger partial charge in [-0.25, -0.2) is 9.78 Å². The first-order valence-corrected chi connectivity index (χ1v) is 5.62. The molecule has 0 aromatic carbocycles. The van der Waals surface area contributed by atoms with Gasteiger partial charge in [-0.1, -0.05) is 0 Å². The summed E-state index contributed by atoms with van der Waals surface area (Å²) in [5.74, 6) is -0.356. The minimum absolute atomic E-state index is 0.356. The van der Waals surface area contributed by atoms with E-state index in [1.165, 1.54) is 11.3 Å². The van der Waals surface area contributed by atoms with Crippen molar-refractivity contribution in [2.24, 2.45) is 0 Å². The molecular formula is C7H9BBrNO2S. The largest absolute Gasteiger partial charge is 0.461 e. The third kappa shape index (κ3) is 2.54. The summed E-state index contributed by atoms with van der Waals surface area (Å²) in [4.78, 5) is 15.4. The van der Waals surface area contributed by atoms with Crippen LogP contribution in [-0.2, 0) is 11.1 Å². The highest BCUT2D eigenvalue weighted by molar-refractivity contribution is 9.11. The van der Waals surface area contributed by atoms with Crippen LogP contribution in [0, 0.1) is 0 Å². The van der Waals surface area contributed by atoms with E-state index in [9.17, 15) is 4.79 Å². The van der Waals surface area contributed by atoms with Crippen molar-refractivity contribution in [3.63, 3.8) is 0 Å². The Bertz CT molecular complexity index is 315. The molecule has 0 radical (unpaired) electrons. The van der Waals surface area contributed by atoms with Gasteiger partial charge in [0.1, 0.15) is 11.6 Å². The van der Waals surface area contributed by atoms with Crippen molar-refractivity contribution in [3.05, 3.63) is 14.5 Å². The second kappa shape index (κ2) is 4.76. The first kappa shape index (κ1) is 10.7. The van der Waals surface area contributed by atoms with E-state index < -0.39 is 0 Å². The monoisotopic (exact) mass is 261 g/mol. The molecule has 0 unspecified atom stereocenters. The number of nitrogens with zero attached hydrogens (tertiary/aromatic N) is 1. The summed E-state index contributed by atoms with van der Waals surface area (Å²) in [7, 11) is 2.00. The Morgan fingerprint density at radius 2 is 2.46 bits per heavy atom. The Labute approximate surface area is 90.0 Å². The maximum absolute atomic E-state index is 11.3. The van der Waals surface area contributed by atoms with E-state index in [1.807, 2.05) is 7.85 Å². The number of carbonyl (C=O) groups excluding carboxylic acids is 1. The normalized spacial score (nSPS) is 10.0. The Kier molecular flexibility index (Phi) is 3.93. The molecule has 3 nitrogen and oxygen atoms in total. The molecule has 0 aliphatic heterocycles. The number of hydrogen-bond donors (Lipinski definition) is 0. The van der Waals surface area contributed by atoms with Crippen LogP contribution in [0.4, 0.5) is 0 Å². The summed E-state index contributed by atoms with van der Waals surface area (Å²) in [6.07, 6.45) is 0.836. The highest BCUT2D eigenvalue weighted by atomic mass is 79.9.